The van der Waals surface area contributed by atoms with Crippen molar-refractivity contribution in [2.45, 2.75) is 58.8 Å². The number of carbonyl (C=O) groups excluding carboxylic acids is 1. The highest BCUT2D eigenvalue weighted by Crippen LogP contribution is 2.24. The first-order valence-corrected chi connectivity index (χ1v) is 8.63. The van der Waals surface area contributed by atoms with Crippen LogP contribution in [0.1, 0.15) is 58.8 Å². The number of hydrogen-bond acceptors (Lipinski definition) is 2. The summed E-state index contributed by atoms with van der Waals surface area (Å²) in [6.07, 6.45) is 8.25. The molecule has 3 heteroatoms. The molecule has 116 valence electrons. The van der Waals surface area contributed by atoms with Crippen LogP contribution in [0.3, 0.4) is 0 Å². The van der Waals surface area contributed by atoms with E-state index in [9.17, 15) is 4.79 Å². The summed E-state index contributed by atoms with van der Waals surface area (Å²) in [7, 11) is 0. The molecule has 0 aliphatic carbocycles. The Kier molecular flexibility index (Phi) is 6.34. The van der Waals surface area contributed by atoms with Gasteiger partial charge in [-0.2, -0.15) is 0 Å². The van der Waals surface area contributed by atoms with Gasteiger partial charge in [0.2, 0.25) is 5.91 Å². The molecule has 1 atom stereocenters. The Hall–Kier alpha value is -0.570. The molecule has 1 amide bonds. The summed E-state index contributed by atoms with van der Waals surface area (Å²) in [5, 5.41) is 3.38. The Morgan fingerprint density at radius 3 is 2.50 bits per heavy atom. The van der Waals surface area contributed by atoms with Crippen molar-refractivity contribution in [3.63, 3.8) is 0 Å². The molecule has 3 nitrogen and oxygen atoms in total. The Morgan fingerprint density at radius 1 is 1.15 bits per heavy atom. The first-order chi connectivity index (χ1) is 9.65. The van der Waals surface area contributed by atoms with E-state index in [1.165, 1.54) is 32.1 Å². The molecule has 1 N–H and O–H groups in total. The van der Waals surface area contributed by atoms with Crippen LogP contribution in [0.2, 0.25) is 0 Å². The lowest BCUT2D eigenvalue weighted by atomic mass is 9.89. The standard InChI is InChI=1S/C17H32N2O/c1-14(2)3-4-15-8-11-19(12-9-15)17(20)6-5-16-7-10-18-13-16/h14-16,18H,3-13H2,1-2H3. The lowest BCUT2D eigenvalue weighted by Crippen LogP contribution is -2.38. The van der Waals surface area contributed by atoms with Gasteiger partial charge in [-0.1, -0.05) is 26.7 Å². The normalized spacial score (nSPS) is 24.6. The monoisotopic (exact) mass is 280 g/mol. The fraction of sp³-hybridized carbons (Fsp3) is 0.941. The Morgan fingerprint density at radius 2 is 1.90 bits per heavy atom. The van der Waals surface area contributed by atoms with Crippen molar-refractivity contribution in [3.8, 4) is 0 Å². The first kappa shape index (κ1) is 15.8. The molecular formula is C17H32N2O. The molecule has 0 bridgehead atoms. The van der Waals surface area contributed by atoms with Crippen LogP contribution in [0.4, 0.5) is 0 Å². The molecule has 2 heterocycles. The zero-order valence-corrected chi connectivity index (χ0v) is 13.4. The number of carbonyl (C=O) groups is 1. The minimum atomic E-state index is 0.402. The summed E-state index contributed by atoms with van der Waals surface area (Å²) in [5.74, 6) is 2.82. The van der Waals surface area contributed by atoms with Crippen LogP contribution in [-0.4, -0.2) is 37.0 Å². The van der Waals surface area contributed by atoms with Crippen LogP contribution < -0.4 is 5.32 Å². The molecule has 0 aromatic carbocycles. The summed E-state index contributed by atoms with van der Waals surface area (Å²) in [4.78, 5) is 14.4. The zero-order chi connectivity index (χ0) is 14.4. The van der Waals surface area contributed by atoms with Crippen molar-refractivity contribution in [1.82, 2.24) is 10.2 Å². The summed E-state index contributed by atoms with van der Waals surface area (Å²) in [6, 6.07) is 0. The number of likely N-dealkylation sites (tertiary alicyclic amines) is 1. The van der Waals surface area contributed by atoms with E-state index in [0.717, 1.165) is 56.8 Å². The maximum absolute atomic E-state index is 12.2. The molecular weight excluding hydrogens is 248 g/mol. The van der Waals surface area contributed by atoms with Crippen molar-refractivity contribution in [1.29, 1.82) is 0 Å². The molecule has 0 aromatic rings. The largest absolute Gasteiger partial charge is 0.343 e. The lowest BCUT2D eigenvalue weighted by Gasteiger charge is -2.32. The Labute approximate surface area is 124 Å². The SMILES string of the molecule is CC(C)CCC1CCN(C(=O)CCC2CCNC2)CC1. The minimum Gasteiger partial charge on any atom is -0.343 e. The third-order valence-electron chi connectivity index (χ3n) is 5.05. The van der Waals surface area contributed by atoms with E-state index in [1.807, 2.05) is 0 Å². The third kappa shape index (κ3) is 5.08. The zero-order valence-electron chi connectivity index (χ0n) is 13.4. The van der Waals surface area contributed by atoms with Crippen LogP contribution in [0.25, 0.3) is 0 Å². The molecule has 20 heavy (non-hydrogen) atoms. The molecule has 0 radical (unpaired) electrons. The number of hydrogen-bond donors (Lipinski definition) is 1. The van der Waals surface area contributed by atoms with Gasteiger partial charge in [0.05, 0.1) is 0 Å². The molecule has 2 aliphatic heterocycles. The van der Waals surface area contributed by atoms with Crippen LogP contribution >= 0.6 is 0 Å². The molecule has 2 rings (SSSR count). The van der Waals surface area contributed by atoms with Gasteiger partial charge < -0.3 is 10.2 Å². The maximum atomic E-state index is 12.2. The molecule has 1 unspecified atom stereocenters. The summed E-state index contributed by atoms with van der Waals surface area (Å²) in [5.41, 5.74) is 0. The van der Waals surface area contributed by atoms with Gasteiger partial charge >= 0.3 is 0 Å². The smallest absolute Gasteiger partial charge is 0.222 e. The molecule has 0 aromatic heterocycles. The van der Waals surface area contributed by atoms with Crippen molar-refractivity contribution >= 4 is 5.91 Å². The topological polar surface area (TPSA) is 32.3 Å². The van der Waals surface area contributed by atoms with Crippen molar-refractivity contribution < 1.29 is 4.79 Å². The number of piperidine rings is 1. The van der Waals surface area contributed by atoms with Gasteiger partial charge in [-0.05, 0) is 56.5 Å². The highest BCUT2D eigenvalue weighted by molar-refractivity contribution is 5.76. The first-order valence-electron chi connectivity index (χ1n) is 8.63. The highest BCUT2D eigenvalue weighted by atomic mass is 16.2. The van der Waals surface area contributed by atoms with E-state index >= 15 is 0 Å². The Bertz CT molecular complexity index is 289. The highest BCUT2D eigenvalue weighted by Gasteiger charge is 2.23. The number of nitrogens with one attached hydrogen (secondary N) is 1. The van der Waals surface area contributed by atoms with E-state index in [0.29, 0.717) is 5.91 Å². The molecule has 2 fully saturated rings. The van der Waals surface area contributed by atoms with Gasteiger partial charge in [-0.3, -0.25) is 4.79 Å². The second-order valence-corrected chi connectivity index (χ2v) is 7.19. The van der Waals surface area contributed by atoms with E-state index in [4.69, 9.17) is 0 Å². The van der Waals surface area contributed by atoms with Crippen LogP contribution in [0.5, 0.6) is 0 Å². The molecule has 2 aliphatic rings. The fourth-order valence-electron chi connectivity index (χ4n) is 3.49. The van der Waals surface area contributed by atoms with Crippen molar-refractivity contribution in [2.24, 2.45) is 17.8 Å². The number of nitrogens with zero attached hydrogens (tertiary/aromatic N) is 1. The van der Waals surface area contributed by atoms with E-state index in [-0.39, 0.29) is 0 Å². The van der Waals surface area contributed by atoms with Gasteiger partial charge in [-0.15, -0.1) is 0 Å². The number of rotatable bonds is 6. The third-order valence-corrected chi connectivity index (χ3v) is 5.05. The average Bonchev–Trinajstić information content (AvgIpc) is 2.96. The van der Waals surface area contributed by atoms with Crippen LogP contribution in [0, 0.1) is 17.8 Å². The predicted octanol–water partition coefficient (Wildman–Crippen LogP) is 3.05. The van der Waals surface area contributed by atoms with Gasteiger partial charge in [0.15, 0.2) is 0 Å². The number of amides is 1. The maximum Gasteiger partial charge on any atom is 0.222 e. The Balaban J connectivity index is 1.61. The fourth-order valence-corrected chi connectivity index (χ4v) is 3.49. The molecule has 0 spiro atoms. The second kappa shape index (κ2) is 8.02. The van der Waals surface area contributed by atoms with Gasteiger partial charge in [-0.25, -0.2) is 0 Å². The lowest BCUT2D eigenvalue weighted by molar-refractivity contribution is -0.132. The summed E-state index contributed by atoms with van der Waals surface area (Å²) < 4.78 is 0. The van der Waals surface area contributed by atoms with Gasteiger partial charge in [0.1, 0.15) is 0 Å². The van der Waals surface area contributed by atoms with Crippen molar-refractivity contribution in [2.75, 3.05) is 26.2 Å². The predicted molar refractivity (Wildman–Crippen MR) is 83.6 cm³/mol. The van der Waals surface area contributed by atoms with Crippen molar-refractivity contribution in [3.05, 3.63) is 0 Å². The minimum absolute atomic E-state index is 0.402. The molecule has 0 saturated carbocycles. The van der Waals surface area contributed by atoms with E-state index < -0.39 is 0 Å². The summed E-state index contributed by atoms with van der Waals surface area (Å²) >= 11 is 0. The van der Waals surface area contributed by atoms with Crippen LogP contribution in [0.15, 0.2) is 0 Å². The van der Waals surface area contributed by atoms with Crippen LogP contribution in [-0.2, 0) is 4.79 Å². The second-order valence-electron chi connectivity index (χ2n) is 7.19. The average molecular weight is 280 g/mol. The summed E-state index contributed by atoms with van der Waals surface area (Å²) in [6.45, 7) is 8.87. The van der Waals surface area contributed by atoms with E-state index in [2.05, 4.69) is 24.1 Å². The molecule has 2 saturated heterocycles. The van der Waals surface area contributed by atoms with Gasteiger partial charge in [0.25, 0.3) is 0 Å². The quantitative estimate of drug-likeness (QED) is 0.811. The van der Waals surface area contributed by atoms with Gasteiger partial charge in [0, 0.05) is 19.5 Å². The van der Waals surface area contributed by atoms with E-state index in [1.54, 1.807) is 0 Å².